The minimum Gasteiger partial charge on any atom is -0.247 e. The van der Waals surface area contributed by atoms with Crippen LogP contribution in [0.15, 0.2) is 18.2 Å². The predicted octanol–water partition coefficient (Wildman–Crippen LogP) is 1.80. The average Bonchev–Trinajstić information content (AvgIpc) is 1.94. The molecule has 0 N–H and O–H groups in total. The number of benzene rings is 1. The van der Waals surface area contributed by atoms with Crippen LogP contribution in [0.1, 0.15) is 16.7 Å². The summed E-state index contributed by atoms with van der Waals surface area (Å²) in [6.45, 7) is 3.89. The topological polar surface area (TPSA) is 37.0 Å². The lowest BCUT2D eigenvalue weighted by Crippen LogP contribution is -2.00. The highest BCUT2D eigenvalue weighted by molar-refractivity contribution is 5.70. The van der Waals surface area contributed by atoms with E-state index in [0.29, 0.717) is 0 Å². The van der Waals surface area contributed by atoms with Gasteiger partial charge in [-0.15, -0.1) is 0 Å². The lowest BCUT2D eigenvalue weighted by Gasteiger charge is -2.02. The van der Waals surface area contributed by atoms with Crippen LogP contribution in [0.4, 0.5) is 0 Å². The van der Waals surface area contributed by atoms with Gasteiger partial charge in [0.05, 0.1) is 6.42 Å². The monoisotopic (exact) mass is 163 g/mol. The van der Waals surface area contributed by atoms with E-state index in [-0.39, 0.29) is 6.42 Å². The number of hydrogen-bond donors (Lipinski definition) is 0. The predicted molar refractivity (Wildman–Crippen MR) is 45.3 cm³/mol. The van der Waals surface area contributed by atoms with E-state index in [4.69, 9.17) is 0 Å². The largest absolute Gasteiger partial charge is 0.359 e. The van der Waals surface area contributed by atoms with E-state index >= 15 is 0 Å². The van der Waals surface area contributed by atoms with Gasteiger partial charge < -0.3 is 0 Å². The smallest absolute Gasteiger partial charge is 0.247 e. The quantitative estimate of drug-likeness (QED) is 0.655. The van der Waals surface area contributed by atoms with Crippen molar-refractivity contribution in [1.82, 2.24) is 0 Å². The fourth-order valence-electron chi connectivity index (χ4n) is 1.20. The van der Waals surface area contributed by atoms with Crippen LogP contribution in [-0.2, 0) is 16.3 Å². The summed E-state index contributed by atoms with van der Waals surface area (Å²) in [5, 5.41) is 10.3. The molecule has 0 aliphatic carbocycles. The summed E-state index contributed by atoms with van der Waals surface area (Å²) < 4.78 is 0. The molecule has 0 spiro atoms. The standard InChI is InChI=1S/C10H11O2/c1-7-3-4-9(6-10(11)12)8(2)5-7/h3-5H,6H2,1-2H3. The van der Waals surface area contributed by atoms with Gasteiger partial charge in [-0.1, -0.05) is 23.8 Å². The van der Waals surface area contributed by atoms with Crippen molar-refractivity contribution >= 4 is 5.97 Å². The van der Waals surface area contributed by atoms with Gasteiger partial charge in [-0.3, -0.25) is 0 Å². The molecule has 0 bridgehead atoms. The van der Waals surface area contributed by atoms with Crippen LogP contribution in [0.25, 0.3) is 0 Å². The number of carbonyl (C=O) groups is 1. The number of carbonyl (C=O) groups excluding carboxylic acids is 1. The third-order valence-corrected chi connectivity index (χ3v) is 1.83. The van der Waals surface area contributed by atoms with Crippen molar-refractivity contribution in [2.24, 2.45) is 0 Å². The second-order valence-electron chi connectivity index (χ2n) is 2.98. The third-order valence-electron chi connectivity index (χ3n) is 1.83. The van der Waals surface area contributed by atoms with Gasteiger partial charge in [0.15, 0.2) is 0 Å². The van der Waals surface area contributed by atoms with Gasteiger partial charge in [-0.05, 0) is 25.0 Å². The molecule has 0 aliphatic heterocycles. The zero-order valence-electron chi connectivity index (χ0n) is 7.26. The van der Waals surface area contributed by atoms with Crippen molar-refractivity contribution in [2.45, 2.75) is 20.3 Å². The molecule has 0 aliphatic rings. The first-order valence-electron chi connectivity index (χ1n) is 3.85. The van der Waals surface area contributed by atoms with Crippen LogP contribution in [0, 0.1) is 13.8 Å². The molecular formula is C10H11O2. The Morgan fingerprint density at radius 1 is 1.33 bits per heavy atom. The molecular weight excluding hydrogens is 152 g/mol. The van der Waals surface area contributed by atoms with Gasteiger partial charge in [0.2, 0.25) is 0 Å². The minimum atomic E-state index is -1.03. The first-order chi connectivity index (χ1) is 5.59. The van der Waals surface area contributed by atoms with Gasteiger partial charge in [0, 0.05) is 0 Å². The van der Waals surface area contributed by atoms with Gasteiger partial charge in [0.1, 0.15) is 0 Å². The fraction of sp³-hybridized carbons (Fsp3) is 0.300. The van der Waals surface area contributed by atoms with Crippen LogP contribution in [0.2, 0.25) is 0 Å². The van der Waals surface area contributed by atoms with Gasteiger partial charge in [-0.25, -0.2) is 9.90 Å². The fourth-order valence-corrected chi connectivity index (χ4v) is 1.20. The molecule has 0 heterocycles. The molecule has 1 rings (SSSR count). The molecule has 0 saturated carbocycles. The van der Waals surface area contributed by atoms with Crippen molar-refractivity contribution < 1.29 is 9.90 Å². The Labute approximate surface area is 71.8 Å². The Balaban J connectivity index is 2.93. The Morgan fingerprint density at radius 2 is 2.00 bits per heavy atom. The second kappa shape index (κ2) is 3.39. The highest BCUT2D eigenvalue weighted by atomic mass is 16.4. The van der Waals surface area contributed by atoms with Crippen molar-refractivity contribution in [3.05, 3.63) is 34.9 Å². The van der Waals surface area contributed by atoms with Crippen LogP contribution < -0.4 is 0 Å². The molecule has 2 nitrogen and oxygen atoms in total. The number of hydrogen-bond acceptors (Lipinski definition) is 1. The summed E-state index contributed by atoms with van der Waals surface area (Å²) in [5.41, 5.74) is 2.99. The first kappa shape index (κ1) is 8.78. The van der Waals surface area contributed by atoms with E-state index in [1.165, 1.54) is 0 Å². The summed E-state index contributed by atoms with van der Waals surface area (Å²) in [6.07, 6.45) is 0.00606. The number of rotatable bonds is 2. The Bertz CT molecular complexity index is 303. The van der Waals surface area contributed by atoms with Gasteiger partial charge >= 0.3 is 5.97 Å². The van der Waals surface area contributed by atoms with Crippen LogP contribution >= 0.6 is 0 Å². The van der Waals surface area contributed by atoms with Crippen LogP contribution in [0.3, 0.4) is 0 Å². The molecule has 0 unspecified atom stereocenters. The lowest BCUT2D eigenvalue weighted by atomic mass is 10.0. The van der Waals surface area contributed by atoms with E-state index in [1.807, 2.05) is 32.0 Å². The van der Waals surface area contributed by atoms with Gasteiger partial charge in [-0.2, -0.15) is 0 Å². The van der Waals surface area contributed by atoms with E-state index in [2.05, 4.69) is 0 Å². The maximum absolute atomic E-state index is 10.3. The molecule has 0 atom stereocenters. The van der Waals surface area contributed by atoms with Crippen molar-refractivity contribution in [2.75, 3.05) is 0 Å². The zero-order chi connectivity index (χ0) is 9.14. The first-order valence-corrected chi connectivity index (χ1v) is 3.85. The van der Waals surface area contributed by atoms with E-state index in [9.17, 15) is 9.90 Å². The maximum Gasteiger partial charge on any atom is 0.359 e. The molecule has 12 heavy (non-hydrogen) atoms. The highest BCUT2D eigenvalue weighted by Gasteiger charge is 2.04. The molecule has 0 aromatic heterocycles. The van der Waals surface area contributed by atoms with Crippen molar-refractivity contribution in [1.29, 1.82) is 0 Å². The SMILES string of the molecule is Cc1ccc(CC([O])=O)c(C)c1. The maximum atomic E-state index is 10.3. The molecule has 2 heteroatoms. The molecule has 1 radical (unpaired) electrons. The summed E-state index contributed by atoms with van der Waals surface area (Å²) in [4.78, 5) is 10.3. The normalized spacial score (nSPS) is 9.83. The van der Waals surface area contributed by atoms with E-state index < -0.39 is 5.97 Å². The summed E-state index contributed by atoms with van der Waals surface area (Å²) in [6, 6.07) is 5.71. The van der Waals surface area contributed by atoms with Crippen LogP contribution in [-0.4, -0.2) is 5.97 Å². The van der Waals surface area contributed by atoms with Crippen molar-refractivity contribution in [3.63, 3.8) is 0 Å². The van der Waals surface area contributed by atoms with Crippen LogP contribution in [0.5, 0.6) is 0 Å². The summed E-state index contributed by atoms with van der Waals surface area (Å²) >= 11 is 0. The molecule has 63 valence electrons. The lowest BCUT2D eigenvalue weighted by molar-refractivity contribution is -0.142. The highest BCUT2D eigenvalue weighted by Crippen LogP contribution is 2.10. The second-order valence-corrected chi connectivity index (χ2v) is 2.98. The third kappa shape index (κ3) is 2.09. The Morgan fingerprint density at radius 3 is 2.50 bits per heavy atom. The minimum absolute atomic E-state index is 0.00606. The molecule has 0 fully saturated rings. The summed E-state index contributed by atoms with van der Waals surface area (Å²) in [5.74, 6) is -1.03. The average molecular weight is 163 g/mol. The molecule has 1 aromatic rings. The number of aryl methyl sites for hydroxylation is 2. The van der Waals surface area contributed by atoms with E-state index in [1.54, 1.807) is 0 Å². The van der Waals surface area contributed by atoms with Gasteiger partial charge in [0.25, 0.3) is 0 Å². The summed E-state index contributed by atoms with van der Waals surface area (Å²) in [7, 11) is 0. The molecule has 1 aromatic carbocycles. The molecule has 0 amide bonds. The Kier molecular flexibility index (Phi) is 2.48. The molecule has 0 saturated heterocycles. The Hall–Kier alpha value is -1.31. The zero-order valence-corrected chi connectivity index (χ0v) is 7.26. The van der Waals surface area contributed by atoms with E-state index in [0.717, 1.165) is 16.7 Å². The van der Waals surface area contributed by atoms with Crippen molar-refractivity contribution in [3.8, 4) is 0 Å².